The first-order valence-electron chi connectivity index (χ1n) is 5.57. The lowest BCUT2D eigenvalue weighted by atomic mass is 10.2. The van der Waals surface area contributed by atoms with E-state index in [1.807, 2.05) is 0 Å². The zero-order chi connectivity index (χ0) is 14.7. The fraction of sp³-hybridized carbons (Fsp3) is 0.0714. The number of carboxylic acids is 1. The molecule has 0 atom stereocenters. The Hall–Kier alpha value is -1.40. The molecule has 0 fully saturated rings. The molecule has 20 heavy (non-hydrogen) atoms. The van der Waals surface area contributed by atoms with Crippen molar-refractivity contribution >= 4 is 37.8 Å². The molecule has 0 amide bonds. The molecule has 0 aromatic heterocycles. The smallest absolute Gasteiger partial charge is 0.339 e. The Morgan fingerprint density at radius 1 is 1.20 bits per heavy atom. The number of hydrogen-bond acceptors (Lipinski definition) is 2. The second-order valence-corrected chi connectivity index (χ2v) is 5.74. The first-order chi connectivity index (χ1) is 9.47. The van der Waals surface area contributed by atoms with Crippen molar-refractivity contribution in [2.24, 2.45) is 0 Å². The summed E-state index contributed by atoms with van der Waals surface area (Å²) >= 11 is 6.50. The summed E-state index contributed by atoms with van der Waals surface area (Å²) < 4.78 is 20.0. The molecule has 0 bridgehead atoms. The minimum absolute atomic E-state index is 0.0481. The normalized spacial score (nSPS) is 10.3. The summed E-state index contributed by atoms with van der Waals surface area (Å²) in [5.41, 5.74) is 0.649. The summed E-state index contributed by atoms with van der Waals surface area (Å²) in [5.74, 6) is -1.22. The molecular weight excluding hydrogens is 395 g/mol. The van der Waals surface area contributed by atoms with E-state index in [0.717, 1.165) is 0 Å². The quantitative estimate of drug-likeness (QED) is 0.809. The van der Waals surface area contributed by atoms with Crippen LogP contribution in [0.5, 0.6) is 5.75 Å². The van der Waals surface area contributed by atoms with Crippen molar-refractivity contribution in [2.75, 3.05) is 0 Å². The summed E-state index contributed by atoms with van der Waals surface area (Å²) in [6.07, 6.45) is 0. The highest BCUT2D eigenvalue weighted by Gasteiger charge is 2.12. The molecule has 0 saturated carbocycles. The lowest BCUT2D eigenvalue weighted by molar-refractivity contribution is 0.0691. The maximum absolute atomic E-state index is 13.2. The Balaban J connectivity index is 2.23. The standard InChI is InChI=1S/C14H9Br2FO3/c15-9-1-4-13(11(6-9)14(18)19)20-7-8-5-10(17)2-3-12(8)16/h1-6H,7H2,(H,18,19). The largest absolute Gasteiger partial charge is 0.488 e. The maximum atomic E-state index is 13.2. The Morgan fingerprint density at radius 2 is 1.95 bits per heavy atom. The van der Waals surface area contributed by atoms with Crippen LogP contribution in [0.2, 0.25) is 0 Å². The van der Waals surface area contributed by atoms with E-state index in [-0.39, 0.29) is 23.7 Å². The number of carboxylic acid groups (broad SMARTS) is 1. The summed E-state index contributed by atoms with van der Waals surface area (Å²) in [6, 6.07) is 8.94. The predicted octanol–water partition coefficient (Wildman–Crippen LogP) is 4.63. The van der Waals surface area contributed by atoms with E-state index in [0.29, 0.717) is 14.5 Å². The average Bonchev–Trinajstić information content (AvgIpc) is 2.40. The van der Waals surface area contributed by atoms with E-state index < -0.39 is 5.97 Å². The molecule has 3 nitrogen and oxygen atoms in total. The molecule has 104 valence electrons. The fourth-order valence-corrected chi connectivity index (χ4v) is 2.33. The second-order valence-electron chi connectivity index (χ2n) is 3.97. The highest BCUT2D eigenvalue weighted by atomic mass is 79.9. The summed E-state index contributed by atoms with van der Waals surface area (Å²) in [5, 5.41) is 9.12. The molecule has 0 saturated heterocycles. The van der Waals surface area contributed by atoms with Crippen LogP contribution in [0.15, 0.2) is 45.3 Å². The third kappa shape index (κ3) is 3.58. The van der Waals surface area contributed by atoms with E-state index in [4.69, 9.17) is 9.84 Å². The number of hydrogen-bond donors (Lipinski definition) is 1. The van der Waals surface area contributed by atoms with Crippen LogP contribution in [0.4, 0.5) is 4.39 Å². The van der Waals surface area contributed by atoms with Crippen LogP contribution in [-0.2, 0) is 6.61 Å². The number of halogens is 3. The SMILES string of the molecule is O=C(O)c1cc(Br)ccc1OCc1cc(F)ccc1Br. The van der Waals surface area contributed by atoms with Gasteiger partial charge in [-0.15, -0.1) is 0 Å². The van der Waals surface area contributed by atoms with Gasteiger partial charge in [0.15, 0.2) is 0 Å². The second kappa shape index (κ2) is 6.37. The van der Waals surface area contributed by atoms with Crippen LogP contribution in [0.25, 0.3) is 0 Å². The molecular formula is C14H9Br2FO3. The van der Waals surface area contributed by atoms with Gasteiger partial charge >= 0.3 is 5.97 Å². The average molecular weight is 404 g/mol. The summed E-state index contributed by atoms with van der Waals surface area (Å²) in [7, 11) is 0. The van der Waals surface area contributed by atoms with Crippen LogP contribution in [0.3, 0.4) is 0 Å². The van der Waals surface area contributed by atoms with Gasteiger partial charge in [0, 0.05) is 14.5 Å². The monoisotopic (exact) mass is 402 g/mol. The van der Waals surface area contributed by atoms with Crippen LogP contribution in [0, 0.1) is 5.82 Å². The van der Waals surface area contributed by atoms with E-state index in [9.17, 15) is 9.18 Å². The number of rotatable bonds is 4. The van der Waals surface area contributed by atoms with Crippen LogP contribution in [-0.4, -0.2) is 11.1 Å². The Kier molecular flexibility index (Phi) is 4.77. The zero-order valence-corrected chi connectivity index (χ0v) is 13.2. The molecule has 0 unspecified atom stereocenters. The van der Waals surface area contributed by atoms with Crippen molar-refractivity contribution in [1.29, 1.82) is 0 Å². The minimum atomic E-state index is -1.08. The van der Waals surface area contributed by atoms with Crippen molar-refractivity contribution in [3.8, 4) is 5.75 Å². The lowest BCUT2D eigenvalue weighted by Gasteiger charge is -2.10. The zero-order valence-electron chi connectivity index (χ0n) is 10.1. The van der Waals surface area contributed by atoms with Crippen LogP contribution < -0.4 is 4.74 Å². The first-order valence-corrected chi connectivity index (χ1v) is 7.15. The molecule has 2 rings (SSSR count). The van der Waals surface area contributed by atoms with E-state index >= 15 is 0 Å². The topological polar surface area (TPSA) is 46.5 Å². The van der Waals surface area contributed by atoms with Gasteiger partial charge in [0.05, 0.1) is 0 Å². The molecule has 0 aliphatic heterocycles. The first kappa shape index (κ1) is 15.0. The maximum Gasteiger partial charge on any atom is 0.339 e. The third-order valence-corrected chi connectivity index (χ3v) is 3.83. The van der Waals surface area contributed by atoms with Gasteiger partial charge in [-0.1, -0.05) is 31.9 Å². The summed E-state index contributed by atoms with van der Waals surface area (Å²) in [6.45, 7) is 0.0697. The summed E-state index contributed by atoms with van der Waals surface area (Å²) in [4.78, 5) is 11.1. The van der Waals surface area contributed by atoms with Crippen molar-refractivity contribution in [3.05, 3.63) is 62.3 Å². The van der Waals surface area contributed by atoms with E-state index in [2.05, 4.69) is 31.9 Å². The molecule has 2 aromatic carbocycles. The van der Waals surface area contributed by atoms with Gasteiger partial charge in [0.25, 0.3) is 0 Å². The molecule has 6 heteroatoms. The highest BCUT2D eigenvalue weighted by Crippen LogP contribution is 2.25. The van der Waals surface area contributed by atoms with Crippen molar-refractivity contribution in [3.63, 3.8) is 0 Å². The molecule has 2 aromatic rings. The number of ether oxygens (including phenoxy) is 1. The molecule has 0 radical (unpaired) electrons. The Bertz CT molecular complexity index is 659. The van der Waals surface area contributed by atoms with E-state index in [1.165, 1.54) is 18.2 Å². The van der Waals surface area contributed by atoms with Gasteiger partial charge in [-0.25, -0.2) is 9.18 Å². The molecule has 0 aliphatic carbocycles. The molecule has 1 N–H and O–H groups in total. The van der Waals surface area contributed by atoms with Gasteiger partial charge in [-0.05, 0) is 36.4 Å². The molecule has 0 spiro atoms. The van der Waals surface area contributed by atoms with Crippen LogP contribution >= 0.6 is 31.9 Å². The number of carbonyl (C=O) groups is 1. The minimum Gasteiger partial charge on any atom is -0.488 e. The fourth-order valence-electron chi connectivity index (χ4n) is 1.60. The number of aromatic carboxylic acids is 1. The van der Waals surface area contributed by atoms with Crippen molar-refractivity contribution in [1.82, 2.24) is 0 Å². The Morgan fingerprint density at radius 3 is 2.65 bits per heavy atom. The lowest BCUT2D eigenvalue weighted by Crippen LogP contribution is -2.04. The van der Waals surface area contributed by atoms with Crippen molar-refractivity contribution in [2.45, 2.75) is 6.61 Å². The molecule has 0 heterocycles. The third-order valence-electron chi connectivity index (χ3n) is 2.56. The van der Waals surface area contributed by atoms with Gasteiger partial charge < -0.3 is 9.84 Å². The van der Waals surface area contributed by atoms with Crippen molar-refractivity contribution < 1.29 is 19.0 Å². The van der Waals surface area contributed by atoms with Gasteiger partial charge in [-0.3, -0.25) is 0 Å². The predicted molar refractivity (Wildman–Crippen MR) is 79.5 cm³/mol. The van der Waals surface area contributed by atoms with Crippen LogP contribution in [0.1, 0.15) is 15.9 Å². The van der Waals surface area contributed by atoms with Gasteiger partial charge in [0.1, 0.15) is 23.7 Å². The Labute approximate surface area is 131 Å². The number of benzene rings is 2. The van der Waals surface area contributed by atoms with Gasteiger partial charge in [0.2, 0.25) is 0 Å². The molecule has 0 aliphatic rings. The van der Waals surface area contributed by atoms with E-state index in [1.54, 1.807) is 18.2 Å². The van der Waals surface area contributed by atoms with Gasteiger partial charge in [-0.2, -0.15) is 0 Å². The highest BCUT2D eigenvalue weighted by molar-refractivity contribution is 9.10.